The number of urea groups is 1. The standard InChI is InChI=1S/C14H17N3O3/c1-2-17(7-6-13(18)19)14(20)16-10-12-5-3-4-11(8-12)9-15/h3-5,8H,2,6-7,10H2,1H3,(H,16,20)(H,18,19). The molecule has 0 saturated carbocycles. The molecule has 0 saturated heterocycles. The highest BCUT2D eigenvalue weighted by atomic mass is 16.4. The van der Waals surface area contributed by atoms with Gasteiger partial charge in [-0.05, 0) is 24.6 Å². The predicted molar refractivity (Wildman–Crippen MR) is 72.9 cm³/mol. The van der Waals surface area contributed by atoms with Gasteiger partial charge in [0.05, 0.1) is 18.1 Å². The molecule has 2 N–H and O–H groups in total. The molecule has 0 aliphatic rings. The van der Waals surface area contributed by atoms with Crippen molar-refractivity contribution < 1.29 is 14.7 Å². The van der Waals surface area contributed by atoms with Gasteiger partial charge in [0.1, 0.15) is 0 Å². The molecule has 0 bridgehead atoms. The van der Waals surface area contributed by atoms with E-state index in [2.05, 4.69) is 5.32 Å². The number of aliphatic carboxylic acids is 1. The molecule has 6 heteroatoms. The van der Waals surface area contributed by atoms with Crippen molar-refractivity contribution in [2.45, 2.75) is 19.9 Å². The van der Waals surface area contributed by atoms with E-state index in [4.69, 9.17) is 10.4 Å². The van der Waals surface area contributed by atoms with E-state index in [1.165, 1.54) is 4.90 Å². The highest BCUT2D eigenvalue weighted by Gasteiger charge is 2.12. The van der Waals surface area contributed by atoms with Crippen LogP contribution in [0.2, 0.25) is 0 Å². The topological polar surface area (TPSA) is 93.4 Å². The number of benzene rings is 1. The number of amides is 2. The molecule has 0 aliphatic heterocycles. The van der Waals surface area contributed by atoms with Gasteiger partial charge in [-0.3, -0.25) is 4.79 Å². The molecular formula is C14H17N3O3. The summed E-state index contributed by atoms with van der Waals surface area (Å²) in [6, 6.07) is 8.68. The lowest BCUT2D eigenvalue weighted by molar-refractivity contribution is -0.137. The Kier molecular flexibility index (Phi) is 6.04. The van der Waals surface area contributed by atoms with Crippen LogP contribution in [0.5, 0.6) is 0 Å². The van der Waals surface area contributed by atoms with Gasteiger partial charge in [0.15, 0.2) is 0 Å². The first-order chi connectivity index (χ1) is 9.56. The largest absolute Gasteiger partial charge is 0.481 e. The Labute approximate surface area is 117 Å². The monoisotopic (exact) mass is 275 g/mol. The second-order valence-electron chi connectivity index (χ2n) is 4.19. The van der Waals surface area contributed by atoms with E-state index in [0.717, 1.165) is 5.56 Å². The van der Waals surface area contributed by atoms with E-state index in [-0.39, 0.29) is 19.0 Å². The minimum atomic E-state index is -0.932. The maximum atomic E-state index is 11.9. The highest BCUT2D eigenvalue weighted by Crippen LogP contribution is 2.04. The summed E-state index contributed by atoms with van der Waals surface area (Å²) < 4.78 is 0. The fourth-order valence-electron chi connectivity index (χ4n) is 1.67. The first-order valence-corrected chi connectivity index (χ1v) is 6.30. The highest BCUT2D eigenvalue weighted by molar-refractivity contribution is 5.75. The fourth-order valence-corrected chi connectivity index (χ4v) is 1.67. The average molecular weight is 275 g/mol. The molecular weight excluding hydrogens is 258 g/mol. The summed E-state index contributed by atoms with van der Waals surface area (Å²) in [6.07, 6.45) is -0.0782. The van der Waals surface area contributed by atoms with Crippen LogP contribution in [-0.2, 0) is 11.3 Å². The first kappa shape index (κ1) is 15.5. The van der Waals surface area contributed by atoms with Crippen LogP contribution in [0.1, 0.15) is 24.5 Å². The smallest absolute Gasteiger partial charge is 0.317 e. The van der Waals surface area contributed by atoms with Gasteiger partial charge in [-0.15, -0.1) is 0 Å². The molecule has 0 aromatic heterocycles. The molecule has 1 aromatic carbocycles. The van der Waals surface area contributed by atoms with Crippen LogP contribution in [0.25, 0.3) is 0 Å². The van der Waals surface area contributed by atoms with Crippen molar-refractivity contribution in [2.75, 3.05) is 13.1 Å². The minimum absolute atomic E-state index is 0.0782. The number of carbonyl (C=O) groups is 2. The molecule has 1 aromatic rings. The molecule has 0 heterocycles. The van der Waals surface area contributed by atoms with Gasteiger partial charge in [0, 0.05) is 19.6 Å². The SMILES string of the molecule is CCN(CCC(=O)O)C(=O)NCc1cccc(C#N)c1. The Balaban J connectivity index is 2.52. The molecule has 0 spiro atoms. The van der Waals surface area contributed by atoms with Gasteiger partial charge in [0.25, 0.3) is 0 Å². The fraction of sp³-hybridized carbons (Fsp3) is 0.357. The number of hydrogen-bond donors (Lipinski definition) is 2. The van der Waals surface area contributed by atoms with E-state index >= 15 is 0 Å². The van der Waals surface area contributed by atoms with Gasteiger partial charge in [0.2, 0.25) is 0 Å². The number of nitrogens with one attached hydrogen (secondary N) is 1. The zero-order valence-corrected chi connectivity index (χ0v) is 11.3. The summed E-state index contributed by atoms with van der Waals surface area (Å²) >= 11 is 0. The number of nitrogens with zero attached hydrogens (tertiary/aromatic N) is 2. The summed E-state index contributed by atoms with van der Waals surface area (Å²) in [6.45, 7) is 2.71. The number of carboxylic acids is 1. The summed E-state index contributed by atoms with van der Waals surface area (Å²) in [5, 5.41) is 20.1. The molecule has 6 nitrogen and oxygen atoms in total. The predicted octanol–water partition coefficient (Wildman–Crippen LogP) is 1.56. The zero-order chi connectivity index (χ0) is 15.0. The van der Waals surface area contributed by atoms with E-state index in [0.29, 0.717) is 18.7 Å². The number of carboxylic acid groups (broad SMARTS) is 1. The third-order valence-corrected chi connectivity index (χ3v) is 2.76. The minimum Gasteiger partial charge on any atom is -0.481 e. The van der Waals surface area contributed by atoms with Crippen LogP contribution in [0.15, 0.2) is 24.3 Å². The van der Waals surface area contributed by atoms with Gasteiger partial charge in [-0.1, -0.05) is 12.1 Å². The van der Waals surface area contributed by atoms with Crippen LogP contribution >= 0.6 is 0 Å². The Hall–Kier alpha value is -2.55. The summed E-state index contributed by atoms with van der Waals surface area (Å²) in [5.41, 5.74) is 1.36. The van der Waals surface area contributed by atoms with Crippen molar-refractivity contribution in [2.24, 2.45) is 0 Å². The van der Waals surface area contributed by atoms with E-state index < -0.39 is 5.97 Å². The maximum Gasteiger partial charge on any atom is 0.317 e. The van der Waals surface area contributed by atoms with Gasteiger partial charge < -0.3 is 15.3 Å². The molecule has 106 valence electrons. The lowest BCUT2D eigenvalue weighted by atomic mass is 10.1. The van der Waals surface area contributed by atoms with Crippen molar-refractivity contribution in [1.29, 1.82) is 5.26 Å². The quantitative estimate of drug-likeness (QED) is 0.824. The molecule has 2 amide bonds. The van der Waals surface area contributed by atoms with E-state index in [1.807, 2.05) is 12.1 Å². The molecule has 20 heavy (non-hydrogen) atoms. The summed E-state index contributed by atoms with van der Waals surface area (Å²) in [4.78, 5) is 23.8. The van der Waals surface area contributed by atoms with Crippen LogP contribution in [0.4, 0.5) is 4.79 Å². The zero-order valence-electron chi connectivity index (χ0n) is 11.3. The van der Waals surface area contributed by atoms with Crippen molar-refractivity contribution >= 4 is 12.0 Å². The Morgan fingerprint density at radius 1 is 1.45 bits per heavy atom. The lowest BCUT2D eigenvalue weighted by Crippen LogP contribution is -2.40. The molecule has 1 rings (SSSR count). The van der Waals surface area contributed by atoms with Gasteiger partial charge in [-0.2, -0.15) is 5.26 Å². The maximum absolute atomic E-state index is 11.9. The van der Waals surface area contributed by atoms with Gasteiger partial charge >= 0.3 is 12.0 Å². The van der Waals surface area contributed by atoms with Crippen LogP contribution < -0.4 is 5.32 Å². The van der Waals surface area contributed by atoms with Crippen molar-refractivity contribution in [3.05, 3.63) is 35.4 Å². The lowest BCUT2D eigenvalue weighted by Gasteiger charge is -2.20. The Morgan fingerprint density at radius 3 is 2.80 bits per heavy atom. The van der Waals surface area contributed by atoms with E-state index in [1.54, 1.807) is 25.1 Å². The molecule has 0 fully saturated rings. The van der Waals surface area contributed by atoms with Crippen molar-refractivity contribution in [3.8, 4) is 6.07 Å². The number of rotatable bonds is 6. The van der Waals surface area contributed by atoms with Gasteiger partial charge in [-0.25, -0.2) is 4.79 Å². The second-order valence-corrected chi connectivity index (χ2v) is 4.19. The van der Waals surface area contributed by atoms with Crippen LogP contribution in [-0.4, -0.2) is 35.1 Å². The van der Waals surface area contributed by atoms with Crippen molar-refractivity contribution in [3.63, 3.8) is 0 Å². The third kappa shape index (κ3) is 4.98. The second kappa shape index (κ2) is 7.79. The molecule has 0 atom stereocenters. The first-order valence-electron chi connectivity index (χ1n) is 6.30. The Bertz CT molecular complexity index is 523. The summed E-state index contributed by atoms with van der Waals surface area (Å²) in [7, 11) is 0. The normalized spacial score (nSPS) is 9.60. The molecule has 0 aliphatic carbocycles. The molecule has 0 radical (unpaired) electrons. The third-order valence-electron chi connectivity index (χ3n) is 2.76. The van der Waals surface area contributed by atoms with Crippen LogP contribution in [0, 0.1) is 11.3 Å². The summed E-state index contributed by atoms with van der Waals surface area (Å²) in [5.74, 6) is -0.932. The van der Waals surface area contributed by atoms with Crippen LogP contribution in [0.3, 0.4) is 0 Å². The number of nitriles is 1. The average Bonchev–Trinajstić information content (AvgIpc) is 2.45. The number of carbonyl (C=O) groups excluding carboxylic acids is 1. The number of hydrogen-bond acceptors (Lipinski definition) is 3. The van der Waals surface area contributed by atoms with E-state index in [9.17, 15) is 9.59 Å². The molecule has 0 unspecified atom stereocenters. The Morgan fingerprint density at radius 2 is 2.20 bits per heavy atom. The van der Waals surface area contributed by atoms with Crippen molar-refractivity contribution in [1.82, 2.24) is 10.2 Å².